The zero-order valence-corrected chi connectivity index (χ0v) is 11.2. The summed E-state index contributed by atoms with van der Waals surface area (Å²) in [6.45, 7) is 13.5. The van der Waals surface area contributed by atoms with Gasteiger partial charge in [0.05, 0.1) is 6.04 Å². The van der Waals surface area contributed by atoms with Gasteiger partial charge < -0.3 is 5.32 Å². The first kappa shape index (κ1) is 14.5. The largest absolute Gasteiger partial charge is 0.349 e. The van der Waals surface area contributed by atoms with Crippen molar-refractivity contribution in [3.05, 3.63) is 49.1 Å². The minimum absolute atomic E-state index is 0.120. The molecule has 1 fully saturated rings. The van der Waals surface area contributed by atoms with Crippen molar-refractivity contribution in [3.63, 3.8) is 0 Å². The molecule has 1 saturated carbocycles. The van der Waals surface area contributed by atoms with Crippen LogP contribution in [0.3, 0.4) is 0 Å². The van der Waals surface area contributed by atoms with E-state index in [0.29, 0.717) is 12.3 Å². The Bertz CT molecular complexity index is 379. The van der Waals surface area contributed by atoms with Gasteiger partial charge in [0.2, 0.25) is 5.91 Å². The Morgan fingerprint density at radius 1 is 1.44 bits per heavy atom. The molecule has 1 N–H and O–H groups in total. The standard InChI is InChI=1S/C16H23NO/c1-5-8-14(6-2)9-7-10-15(18)17-16-12(3)11-13(16)4/h5-6,8,13,16H,1-3,7,9-11H2,4H3,(H,17,18)/b14-8+. The van der Waals surface area contributed by atoms with E-state index >= 15 is 0 Å². The maximum Gasteiger partial charge on any atom is 0.220 e. The Labute approximate surface area is 110 Å². The van der Waals surface area contributed by atoms with Crippen LogP contribution in [0.5, 0.6) is 0 Å². The minimum atomic E-state index is 0.120. The molecule has 1 amide bonds. The van der Waals surface area contributed by atoms with Gasteiger partial charge in [-0.2, -0.15) is 0 Å². The number of carbonyl (C=O) groups excluding carboxylic acids is 1. The van der Waals surface area contributed by atoms with E-state index in [2.05, 4.69) is 32.0 Å². The molecule has 0 heterocycles. The highest BCUT2D eigenvalue weighted by atomic mass is 16.1. The third kappa shape index (κ3) is 4.02. The lowest BCUT2D eigenvalue weighted by atomic mass is 9.77. The van der Waals surface area contributed by atoms with E-state index in [-0.39, 0.29) is 11.9 Å². The van der Waals surface area contributed by atoms with Crippen molar-refractivity contribution < 1.29 is 4.79 Å². The predicted molar refractivity (Wildman–Crippen MR) is 77.2 cm³/mol. The fourth-order valence-electron chi connectivity index (χ4n) is 2.25. The third-order valence-corrected chi connectivity index (χ3v) is 3.37. The van der Waals surface area contributed by atoms with E-state index in [1.54, 1.807) is 6.08 Å². The molecule has 0 radical (unpaired) electrons. The highest BCUT2D eigenvalue weighted by Crippen LogP contribution is 2.31. The smallest absolute Gasteiger partial charge is 0.220 e. The summed E-state index contributed by atoms with van der Waals surface area (Å²) in [5, 5.41) is 3.04. The summed E-state index contributed by atoms with van der Waals surface area (Å²) in [6.07, 6.45) is 8.79. The lowest BCUT2D eigenvalue weighted by molar-refractivity contribution is -0.122. The Hall–Kier alpha value is -1.57. The molecule has 2 heteroatoms. The summed E-state index contributed by atoms with van der Waals surface area (Å²) < 4.78 is 0. The van der Waals surface area contributed by atoms with E-state index in [1.807, 2.05) is 12.2 Å². The molecule has 2 unspecified atom stereocenters. The highest BCUT2D eigenvalue weighted by molar-refractivity contribution is 5.77. The molecule has 0 aromatic carbocycles. The summed E-state index contributed by atoms with van der Waals surface area (Å²) >= 11 is 0. The summed E-state index contributed by atoms with van der Waals surface area (Å²) in [4.78, 5) is 11.7. The van der Waals surface area contributed by atoms with Gasteiger partial charge >= 0.3 is 0 Å². The molecule has 0 aromatic heterocycles. The number of hydrogen-bond acceptors (Lipinski definition) is 1. The maximum absolute atomic E-state index is 11.7. The van der Waals surface area contributed by atoms with E-state index in [9.17, 15) is 4.79 Å². The van der Waals surface area contributed by atoms with Crippen LogP contribution in [0.2, 0.25) is 0 Å². The first-order valence-corrected chi connectivity index (χ1v) is 6.49. The Kier molecular flexibility index (Phi) is 5.63. The molecular formula is C16H23NO. The van der Waals surface area contributed by atoms with Crippen molar-refractivity contribution in [3.8, 4) is 0 Å². The molecule has 0 spiro atoms. The van der Waals surface area contributed by atoms with Crippen LogP contribution >= 0.6 is 0 Å². The molecule has 0 aromatic rings. The highest BCUT2D eigenvalue weighted by Gasteiger charge is 2.31. The SMILES string of the molecule is C=C/C=C(\C=C)CCCC(=O)NC1C(=C)CC1C. The second-order valence-corrected chi connectivity index (χ2v) is 4.92. The molecule has 0 aliphatic heterocycles. The molecular weight excluding hydrogens is 222 g/mol. The summed E-state index contributed by atoms with van der Waals surface area (Å²) in [6, 6.07) is 0.195. The van der Waals surface area contributed by atoms with Gasteiger partial charge in [-0.1, -0.05) is 50.5 Å². The van der Waals surface area contributed by atoms with E-state index < -0.39 is 0 Å². The molecule has 18 heavy (non-hydrogen) atoms. The fourth-order valence-corrected chi connectivity index (χ4v) is 2.25. The van der Waals surface area contributed by atoms with E-state index in [1.165, 1.54) is 0 Å². The average Bonchev–Trinajstić information content (AvgIpc) is 2.35. The number of carbonyl (C=O) groups is 1. The van der Waals surface area contributed by atoms with Gasteiger partial charge in [0.25, 0.3) is 0 Å². The van der Waals surface area contributed by atoms with Crippen molar-refractivity contribution in [2.75, 3.05) is 0 Å². The Balaban J connectivity index is 2.25. The summed E-state index contributed by atoms with van der Waals surface area (Å²) in [7, 11) is 0. The van der Waals surface area contributed by atoms with Crippen molar-refractivity contribution >= 4 is 5.91 Å². The first-order valence-electron chi connectivity index (χ1n) is 6.49. The molecule has 1 aliphatic rings. The maximum atomic E-state index is 11.7. The van der Waals surface area contributed by atoms with Crippen LogP contribution in [0, 0.1) is 5.92 Å². The number of hydrogen-bond donors (Lipinski definition) is 1. The number of rotatable bonds is 7. The van der Waals surface area contributed by atoms with Crippen LogP contribution in [0.15, 0.2) is 49.1 Å². The van der Waals surface area contributed by atoms with Crippen LogP contribution in [0.4, 0.5) is 0 Å². The number of amides is 1. The molecule has 1 aliphatic carbocycles. The van der Waals surface area contributed by atoms with Crippen LogP contribution in [-0.2, 0) is 4.79 Å². The molecule has 98 valence electrons. The molecule has 2 atom stereocenters. The lowest BCUT2D eigenvalue weighted by Gasteiger charge is -2.37. The Morgan fingerprint density at radius 3 is 2.67 bits per heavy atom. The van der Waals surface area contributed by atoms with Gasteiger partial charge in [-0.05, 0) is 30.8 Å². The zero-order valence-electron chi connectivity index (χ0n) is 11.2. The second-order valence-electron chi connectivity index (χ2n) is 4.92. The van der Waals surface area contributed by atoms with Crippen molar-refractivity contribution in [2.45, 2.75) is 38.6 Å². The molecule has 2 nitrogen and oxygen atoms in total. The quantitative estimate of drug-likeness (QED) is 0.539. The van der Waals surface area contributed by atoms with Crippen LogP contribution in [0.25, 0.3) is 0 Å². The van der Waals surface area contributed by atoms with Crippen LogP contribution in [0.1, 0.15) is 32.6 Å². The predicted octanol–water partition coefficient (Wildman–Crippen LogP) is 3.54. The topological polar surface area (TPSA) is 29.1 Å². The fraction of sp³-hybridized carbons (Fsp3) is 0.438. The zero-order chi connectivity index (χ0) is 13.5. The van der Waals surface area contributed by atoms with Gasteiger partial charge in [0.1, 0.15) is 0 Å². The van der Waals surface area contributed by atoms with Crippen LogP contribution < -0.4 is 5.32 Å². The summed E-state index contributed by atoms with van der Waals surface area (Å²) in [5.74, 6) is 0.653. The van der Waals surface area contributed by atoms with E-state index in [4.69, 9.17) is 0 Å². The lowest BCUT2D eigenvalue weighted by Crippen LogP contribution is -2.47. The molecule has 0 saturated heterocycles. The summed E-state index contributed by atoms with van der Waals surface area (Å²) in [5.41, 5.74) is 2.27. The molecule has 0 bridgehead atoms. The minimum Gasteiger partial charge on any atom is -0.349 e. The van der Waals surface area contributed by atoms with Crippen LogP contribution in [-0.4, -0.2) is 11.9 Å². The second kappa shape index (κ2) is 7.00. The van der Waals surface area contributed by atoms with Gasteiger partial charge in [0, 0.05) is 6.42 Å². The Morgan fingerprint density at radius 2 is 2.17 bits per heavy atom. The average molecular weight is 245 g/mol. The monoisotopic (exact) mass is 245 g/mol. The normalized spacial score (nSPS) is 23.2. The van der Waals surface area contributed by atoms with Crippen molar-refractivity contribution in [1.29, 1.82) is 0 Å². The van der Waals surface area contributed by atoms with Crippen molar-refractivity contribution in [2.24, 2.45) is 5.92 Å². The van der Waals surface area contributed by atoms with Gasteiger partial charge in [0.15, 0.2) is 0 Å². The van der Waals surface area contributed by atoms with E-state index in [0.717, 1.165) is 30.4 Å². The first-order chi connectivity index (χ1) is 8.58. The van der Waals surface area contributed by atoms with Gasteiger partial charge in [-0.3, -0.25) is 4.79 Å². The van der Waals surface area contributed by atoms with Crippen molar-refractivity contribution in [1.82, 2.24) is 5.32 Å². The number of nitrogens with one attached hydrogen (secondary N) is 1. The third-order valence-electron chi connectivity index (χ3n) is 3.37. The van der Waals surface area contributed by atoms with Gasteiger partial charge in [-0.15, -0.1) is 0 Å². The molecule has 1 rings (SSSR count). The van der Waals surface area contributed by atoms with Gasteiger partial charge in [-0.25, -0.2) is 0 Å². The number of allylic oxidation sites excluding steroid dienone is 4.